The van der Waals surface area contributed by atoms with Crippen LogP contribution in [0.1, 0.15) is 51.9 Å². The summed E-state index contributed by atoms with van der Waals surface area (Å²) in [5, 5.41) is 9.81. The normalized spacial score (nSPS) is 47.6. The third-order valence-corrected chi connectivity index (χ3v) is 5.46. The van der Waals surface area contributed by atoms with Crippen LogP contribution >= 0.6 is 0 Å². The molecule has 3 rings (SSSR count). The average molecular weight is 252 g/mol. The van der Waals surface area contributed by atoms with E-state index >= 15 is 0 Å². The maximum Gasteiger partial charge on any atom is 0.230 e. The Hall–Kier alpha value is -0.610. The summed E-state index contributed by atoms with van der Waals surface area (Å²) in [4.78, 5) is 14.9. The van der Waals surface area contributed by atoms with Gasteiger partial charge >= 0.3 is 0 Å². The van der Waals surface area contributed by atoms with Gasteiger partial charge in [0, 0.05) is 18.1 Å². The summed E-state index contributed by atoms with van der Waals surface area (Å²) < 4.78 is 0. The van der Waals surface area contributed by atoms with Crippen LogP contribution in [0.3, 0.4) is 0 Å². The van der Waals surface area contributed by atoms with Crippen LogP contribution in [0.2, 0.25) is 0 Å². The van der Waals surface area contributed by atoms with Gasteiger partial charge in [-0.1, -0.05) is 6.42 Å². The molecule has 4 nitrogen and oxygen atoms in total. The fourth-order valence-electron chi connectivity index (χ4n) is 4.23. The molecule has 3 aliphatic rings. The maximum atomic E-state index is 12.9. The number of nitrogens with zero attached hydrogens (tertiary/aromatic N) is 1. The molecule has 4 unspecified atom stereocenters. The van der Waals surface area contributed by atoms with Gasteiger partial charge in [-0.25, -0.2) is 0 Å². The number of carbonyl (C=O) groups is 1. The highest BCUT2D eigenvalue weighted by molar-refractivity contribution is 5.84. The number of amides is 1. The van der Waals surface area contributed by atoms with E-state index in [1.54, 1.807) is 0 Å². The summed E-state index contributed by atoms with van der Waals surface area (Å²) in [6, 6.07) is 0.531. The Morgan fingerprint density at radius 1 is 1.28 bits per heavy atom. The second-order valence-corrected chi connectivity index (χ2v) is 6.64. The van der Waals surface area contributed by atoms with Crippen molar-refractivity contribution in [1.82, 2.24) is 4.90 Å². The van der Waals surface area contributed by atoms with Crippen molar-refractivity contribution in [3.05, 3.63) is 0 Å². The van der Waals surface area contributed by atoms with Crippen LogP contribution in [-0.2, 0) is 4.79 Å². The summed E-state index contributed by atoms with van der Waals surface area (Å²) >= 11 is 0. The molecule has 2 bridgehead atoms. The highest BCUT2D eigenvalue weighted by atomic mass is 16.3. The molecule has 102 valence electrons. The van der Waals surface area contributed by atoms with E-state index in [0.29, 0.717) is 0 Å². The summed E-state index contributed by atoms with van der Waals surface area (Å²) in [5.41, 5.74) is 5.80. The minimum absolute atomic E-state index is 0.0104. The molecule has 3 N–H and O–H groups in total. The van der Waals surface area contributed by atoms with Crippen molar-refractivity contribution in [3.63, 3.8) is 0 Å². The van der Waals surface area contributed by atoms with E-state index < -0.39 is 0 Å². The number of rotatable bonds is 1. The molecule has 1 aliphatic carbocycles. The first-order chi connectivity index (χ1) is 8.52. The van der Waals surface area contributed by atoms with Gasteiger partial charge in [-0.15, -0.1) is 0 Å². The van der Waals surface area contributed by atoms with E-state index in [9.17, 15) is 9.90 Å². The number of fused-ring (bicyclic) bond motifs is 2. The van der Waals surface area contributed by atoms with Gasteiger partial charge in [0.1, 0.15) is 0 Å². The fourth-order valence-corrected chi connectivity index (χ4v) is 4.23. The Morgan fingerprint density at radius 3 is 2.39 bits per heavy atom. The van der Waals surface area contributed by atoms with Gasteiger partial charge in [0.25, 0.3) is 0 Å². The molecule has 3 fully saturated rings. The van der Waals surface area contributed by atoms with Crippen molar-refractivity contribution >= 4 is 5.91 Å². The third kappa shape index (κ3) is 1.69. The number of hydrogen-bond acceptors (Lipinski definition) is 3. The van der Waals surface area contributed by atoms with Gasteiger partial charge in [0.05, 0.1) is 11.5 Å². The molecular weight excluding hydrogens is 228 g/mol. The van der Waals surface area contributed by atoms with Crippen molar-refractivity contribution in [3.8, 4) is 0 Å². The fraction of sp³-hybridized carbons (Fsp3) is 0.929. The van der Waals surface area contributed by atoms with E-state index in [-0.39, 0.29) is 35.6 Å². The Balaban J connectivity index is 1.81. The lowest BCUT2D eigenvalue weighted by Gasteiger charge is -2.42. The second kappa shape index (κ2) is 4.20. The molecule has 4 atom stereocenters. The van der Waals surface area contributed by atoms with Crippen molar-refractivity contribution in [1.29, 1.82) is 0 Å². The van der Waals surface area contributed by atoms with Crippen molar-refractivity contribution in [2.75, 3.05) is 0 Å². The molecule has 2 heterocycles. The minimum atomic E-state index is -0.358. The first-order valence-corrected chi connectivity index (χ1v) is 7.29. The highest BCUT2D eigenvalue weighted by Gasteiger charge is 2.51. The minimum Gasteiger partial charge on any atom is -0.393 e. The monoisotopic (exact) mass is 252 g/mol. The zero-order valence-electron chi connectivity index (χ0n) is 11.1. The quantitative estimate of drug-likeness (QED) is 0.732. The lowest BCUT2D eigenvalue weighted by Crippen LogP contribution is -2.56. The van der Waals surface area contributed by atoms with E-state index in [4.69, 9.17) is 5.73 Å². The number of carbonyl (C=O) groups excluding carboxylic acids is 1. The van der Waals surface area contributed by atoms with Gasteiger partial charge in [0.15, 0.2) is 0 Å². The van der Waals surface area contributed by atoms with Gasteiger partial charge in [-0.3, -0.25) is 4.79 Å². The standard InChI is InChI=1S/C14H24N2O2/c1-14(6-2-3-12(14)15)13(18)16-9-4-5-10(16)8-11(17)7-9/h9-12,17H,2-8,15H2,1H3. The zero-order chi connectivity index (χ0) is 12.9. The Labute approximate surface area is 109 Å². The van der Waals surface area contributed by atoms with Crippen LogP contribution in [0.4, 0.5) is 0 Å². The molecule has 4 heteroatoms. The molecule has 1 amide bonds. The molecule has 2 aliphatic heterocycles. The summed E-state index contributed by atoms with van der Waals surface area (Å²) in [7, 11) is 0. The number of nitrogens with two attached hydrogens (primary N) is 1. The number of aliphatic hydroxyl groups excluding tert-OH is 1. The smallest absolute Gasteiger partial charge is 0.230 e. The van der Waals surface area contributed by atoms with Gasteiger partial charge in [-0.2, -0.15) is 0 Å². The van der Waals surface area contributed by atoms with E-state index in [1.807, 2.05) is 6.92 Å². The van der Waals surface area contributed by atoms with Crippen molar-refractivity contribution < 1.29 is 9.90 Å². The average Bonchev–Trinajstić information content (AvgIpc) is 2.79. The predicted octanol–water partition coefficient (Wildman–Crippen LogP) is 1.02. The van der Waals surface area contributed by atoms with E-state index in [0.717, 1.165) is 44.9 Å². The molecular formula is C14H24N2O2. The number of aliphatic hydroxyl groups is 1. The van der Waals surface area contributed by atoms with Crippen LogP contribution in [-0.4, -0.2) is 40.1 Å². The molecule has 1 saturated carbocycles. The SMILES string of the molecule is CC1(C(=O)N2C3CCC2CC(O)C3)CCCC1N. The maximum absolute atomic E-state index is 12.9. The second-order valence-electron chi connectivity index (χ2n) is 6.64. The Morgan fingerprint density at radius 2 is 1.89 bits per heavy atom. The Bertz CT molecular complexity index is 346. The Kier molecular flexibility index (Phi) is 2.90. The molecule has 0 spiro atoms. The van der Waals surface area contributed by atoms with Crippen LogP contribution in [0.5, 0.6) is 0 Å². The predicted molar refractivity (Wildman–Crippen MR) is 68.8 cm³/mol. The lowest BCUT2D eigenvalue weighted by atomic mass is 9.82. The topological polar surface area (TPSA) is 66.6 Å². The largest absolute Gasteiger partial charge is 0.393 e. The molecule has 2 saturated heterocycles. The lowest BCUT2D eigenvalue weighted by molar-refractivity contribution is -0.148. The first kappa shape index (κ1) is 12.4. The van der Waals surface area contributed by atoms with Gasteiger partial charge < -0.3 is 15.7 Å². The summed E-state index contributed by atoms with van der Waals surface area (Å²) in [6.07, 6.45) is 6.37. The van der Waals surface area contributed by atoms with Crippen LogP contribution in [0.15, 0.2) is 0 Å². The van der Waals surface area contributed by atoms with Crippen molar-refractivity contribution in [2.24, 2.45) is 11.1 Å². The molecule has 18 heavy (non-hydrogen) atoms. The van der Waals surface area contributed by atoms with Gasteiger partial charge in [0.2, 0.25) is 5.91 Å². The molecule has 0 aromatic heterocycles. The molecule has 0 radical (unpaired) electrons. The van der Waals surface area contributed by atoms with E-state index in [2.05, 4.69) is 4.90 Å². The highest BCUT2D eigenvalue weighted by Crippen LogP contribution is 2.44. The molecule has 0 aromatic carbocycles. The van der Waals surface area contributed by atoms with Crippen LogP contribution in [0, 0.1) is 5.41 Å². The number of hydrogen-bond donors (Lipinski definition) is 2. The summed E-state index contributed by atoms with van der Waals surface area (Å²) in [5.74, 6) is 0.256. The number of piperidine rings is 1. The molecule has 0 aromatic rings. The van der Waals surface area contributed by atoms with Crippen LogP contribution in [0.25, 0.3) is 0 Å². The van der Waals surface area contributed by atoms with Crippen molar-refractivity contribution in [2.45, 2.75) is 76.1 Å². The van der Waals surface area contributed by atoms with Gasteiger partial charge in [-0.05, 0) is 45.4 Å². The first-order valence-electron chi connectivity index (χ1n) is 7.29. The van der Waals surface area contributed by atoms with E-state index in [1.165, 1.54) is 0 Å². The summed E-state index contributed by atoms with van der Waals surface area (Å²) in [6.45, 7) is 2.04. The van der Waals surface area contributed by atoms with Crippen LogP contribution < -0.4 is 5.73 Å². The zero-order valence-corrected chi connectivity index (χ0v) is 11.1. The third-order valence-electron chi connectivity index (χ3n) is 5.46.